The molecule has 0 radical (unpaired) electrons. The first-order chi connectivity index (χ1) is 9.83. The molecule has 3 rings (SSSR count). The van der Waals surface area contributed by atoms with Gasteiger partial charge in [-0.25, -0.2) is 4.39 Å². The number of piperidine rings is 1. The van der Waals surface area contributed by atoms with Crippen molar-refractivity contribution in [2.45, 2.75) is 25.2 Å². The van der Waals surface area contributed by atoms with E-state index in [-0.39, 0.29) is 22.8 Å². The van der Waals surface area contributed by atoms with E-state index in [9.17, 15) is 4.39 Å². The number of hydrogen-bond acceptors (Lipinski definition) is 1. The molecule has 1 fully saturated rings. The highest BCUT2D eigenvalue weighted by molar-refractivity contribution is 8.93. The number of nitrogens with one attached hydrogen (secondary N) is 1. The van der Waals surface area contributed by atoms with Crippen LogP contribution in [0.2, 0.25) is 0 Å². The molecule has 0 bridgehead atoms. The highest BCUT2D eigenvalue weighted by atomic mass is 79.9. The Morgan fingerprint density at radius 1 is 0.952 bits per heavy atom. The van der Waals surface area contributed by atoms with Gasteiger partial charge in [0.05, 0.1) is 0 Å². The topological polar surface area (TPSA) is 12.0 Å². The third-order valence-corrected chi connectivity index (χ3v) is 4.14. The Kier molecular flexibility index (Phi) is 5.95. The van der Waals surface area contributed by atoms with E-state index in [0.717, 1.165) is 19.5 Å². The monoisotopic (exact) mass is 349 g/mol. The molecule has 0 saturated carbocycles. The van der Waals surface area contributed by atoms with Gasteiger partial charge in [-0.05, 0) is 67.1 Å². The van der Waals surface area contributed by atoms with Crippen molar-refractivity contribution in [2.75, 3.05) is 13.1 Å². The summed E-state index contributed by atoms with van der Waals surface area (Å²) in [5, 5.41) is 3.42. The van der Waals surface area contributed by atoms with Crippen LogP contribution in [-0.4, -0.2) is 13.1 Å². The SMILES string of the molecule is Br.Fc1ccc(Cc2ccccc2C2CCNCC2)cc1. The highest BCUT2D eigenvalue weighted by Gasteiger charge is 2.17. The fourth-order valence-corrected chi connectivity index (χ4v) is 3.05. The predicted molar refractivity (Wildman–Crippen MR) is 90.8 cm³/mol. The molecule has 2 aromatic rings. The van der Waals surface area contributed by atoms with Crippen LogP contribution in [0, 0.1) is 5.82 Å². The molecule has 1 saturated heterocycles. The van der Waals surface area contributed by atoms with Crippen molar-refractivity contribution in [2.24, 2.45) is 0 Å². The minimum atomic E-state index is -0.166. The van der Waals surface area contributed by atoms with Crippen LogP contribution in [0.15, 0.2) is 48.5 Å². The van der Waals surface area contributed by atoms with E-state index in [2.05, 4.69) is 29.6 Å². The van der Waals surface area contributed by atoms with Gasteiger partial charge in [0.1, 0.15) is 5.82 Å². The minimum Gasteiger partial charge on any atom is -0.317 e. The van der Waals surface area contributed by atoms with Crippen LogP contribution in [-0.2, 0) is 6.42 Å². The number of hydrogen-bond donors (Lipinski definition) is 1. The van der Waals surface area contributed by atoms with Crippen molar-refractivity contribution in [3.05, 3.63) is 71.0 Å². The molecule has 1 aliphatic rings. The van der Waals surface area contributed by atoms with E-state index < -0.39 is 0 Å². The predicted octanol–water partition coefficient (Wildman–Crippen LogP) is 4.46. The average Bonchev–Trinajstić information content (AvgIpc) is 2.51. The molecule has 1 heterocycles. The smallest absolute Gasteiger partial charge is 0.123 e. The maximum Gasteiger partial charge on any atom is 0.123 e. The number of halogens is 2. The molecule has 2 aromatic carbocycles. The fraction of sp³-hybridized carbons (Fsp3) is 0.333. The molecule has 21 heavy (non-hydrogen) atoms. The molecule has 0 spiro atoms. The Balaban J connectivity index is 0.00000161. The summed E-state index contributed by atoms with van der Waals surface area (Å²) in [5.41, 5.74) is 4.03. The van der Waals surface area contributed by atoms with Gasteiger partial charge in [0.25, 0.3) is 0 Å². The summed E-state index contributed by atoms with van der Waals surface area (Å²) < 4.78 is 13.0. The lowest BCUT2D eigenvalue weighted by molar-refractivity contribution is 0.458. The maximum atomic E-state index is 13.0. The van der Waals surface area contributed by atoms with Crippen LogP contribution in [0.1, 0.15) is 35.4 Å². The van der Waals surface area contributed by atoms with Gasteiger partial charge in [-0.3, -0.25) is 0 Å². The zero-order chi connectivity index (χ0) is 13.8. The first kappa shape index (κ1) is 16.2. The van der Waals surface area contributed by atoms with Gasteiger partial charge in [0.15, 0.2) is 0 Å². The van der Waals surface area contributed by atoms with Gasteiger partial charge in [0.2, 0.25) is 0 Å². The van der Waals surface area contributed by atoms with Gasteiger partial charge < -0.3 is 5.32 Å². The third kappa shape index (κ3) is 4.14. The normalized spacial score (nSPS) is 15.5. The van der Waals surface area contributed by atoms with Gasteiger partial charge in [-0.2, -0.15) is 0 Å². The van der Waals surface area contributed by atoms with Crippen molar-refractivity contribution < 1.29 is 4.39 Å². The Morgan fingerprint density at radius 3 is 2.33 bits per heavy atom. The molecule has 3 heteroatoms. The summed E-state index contributed by atoms with van der Waals surface area (Å²) in [5.74, 6) is 0.494. The lowest BCUT2D eigenvalue weighted by Gasteiger charge is -2.25. The Labute approximate surface area is 136 Å². The first-order valence-corrected chi connectivity index (χ1v) is 7.36. The molecular formula is C18H21BrFN. The van der Waals surface area contributed by atoms with Crippen molar-refractivity contribution in [1.29, 1.82) is 0 Å². The van der Waals surface area contributed by atoms with Gasteiger partial charge in [0, 0.05) is 0 Å². The molecule has 1 nitrogen and oxygen atoms in total. The second kappa shape index (κ2) is 7.71. The highest BCUT2D eigenvalue weighted by Crippen LogP contribution is 2.29. The molecule has 1 aliphatic heterocycles. The Bertz CT molecular complexity index is 562. The fourth-order valence-electron chi connectivity index (χ4n) is 3.05. The maximum absolute atomic E-state index is 13.0. The number of rotatable bonds is 3. The van der Waals surface area contributed by atoms with Crippen molar-refractivity contribution in [1.82, 2.24) is 5.32 Å². The van der Waals surface area contributed by atoms with E-state index in [1.54, 1.807) is 12.1 Å². The van der Waals surface area contributed by atoms with Crippen LogP contribution in [0.25, 0.3) is 0 Å². The second-order valence-electron chi connectivity index (χ2n) is 5.53. The molecule has 0 unspecified atom stereocenters. The van der Waals surface area contributed by atoms with Crippen LogP contribution in [0.5, 0.6) is 0 Å². The first-order valence-electron chi connectivity index (χ1n) is 7.36. The summed E-state index contributed by atoms with van der Waals surface area (Å²) in [4.78, 5) is 0. The zero-order valence-electron chi connectivity index (χ0n) is 12.0. The minimum absolute atomic E-state index is 0. The lowest BCUT2D eigenvalue weighted by atomic mass is 9.85. The zero-order valence-corrected chi connectivity index (χ0v) is 13.7. The van der Waals surface area contributed by atoms with Gasteiger partial charge >= 0.3 is 0 Å². The molecule has 0 aliphatic carbocycles. The lowest BCUT2D eigenvalue weighted by Crippen LogP contribution is -2.27. The number of benzene rings is 2. The van der Waals surface area contributed by atoms with Crippen LogP contribution in [0.3, 0.4) is 0 Å². The largest absolute Gasteiger partial charge is 0.317 e. The Hall–Kier alpha value is -1.19. The summed E-state index contributed by atoms with van der Waals surface area (Å²) in [6.07, 6.45) is 3.31. The molecule has 0 aromatic heterocycles. The molecule has 0 atom stereocenters. The van der Waals surface area contributed by atoms with Crippen LogP contribution >= 0.6 is 17.0 Å². The average molecular weight is 350 g/mol. The van der Waals surface area contributed by atoms with Crippen molar-refractivity contribution in [3.8, 4) is 0 Å². The van der Waals surface area contributed by atoms with E-state index in [0.29, 0.717) is 5.92 Å². The molecule has 0 amide bonds. The summed E-state index contributed by atoms with van der Waals surface area (Å²) in [7, 11) is 0. The van der Waals surface area contributed by atoms with E-state index in [4.69, 9.17) is 0 Å². The Morgan fingerprint density at radius 2 is 1.62 bits per heavy atom. The van der Waals surface area contributed by atoms with Crippen molar-refractivity contribution in [3.63, 3.8) is 0 Å². The van der Waals surface area contributed by atoms with Gasteiger partial charge in [-0.15, -0.1) is 17.0 Å². The van der Waals surface area contributed by atoms with Gasteiger partial charge in [-0.1, -0.05) is 36.4 Å². The van der Waals surface area contributed by atoms with E-state index >= 15 is 0 Å². The summed E-state index contributed by atoms with van der Waals surface area (Å²) in [6, 6.07) is 15.6. The van der Waals surface area contributed by atoms with Crippen LogP contribution in [0.4, 0.5) is 4.39 Å². The van der Waals surface area contributed by atoms with E-state index in [1.807, 2.05) is 12.1 Å². The second-order valence-corrected chi connectivity index (χ2v) is 5.53. The standard InChI is InChI=1S/C18H20FN.BrH/c19-17-7-5-14(6-8-17)13-16-3-1-2-4-18(16)15-9-11-20-12-10-15;/h1-8,15,20H,9-13H2;1H. The molecular weight excluding hydrogens is 329 g/mol. The van der Waals surface area contributed by atoms with Crippen molar-refractivity contribution >= 4 is 17.0 Å². The summed E-state index contributed by atoms with van der Waals surface area (Å²) in [6.45, 7) is 2.21. The molecule has 1 N–H and O–H groups in total. The van der Waals surface area contributed by atoms with E-state index in [1.165, 1.54) is 29.5 Å². The summed E-state index contributed by atoms with van der Waals surface area (Å²) >= 11 is 0. The third-order valence-electron chi connectivity index (χ3n) is 4.14. The quantitative estimate of drug-likeness (QED) is 0.862. The molecule has 112 valence electrons. The van der Waals surface area contributed by atoms with Crippen LogP contribution < -0.4 is 5.32 Å².